The summed E-state index contributed by atoms with van der Waals surface area (Å²) in [5.74, 6) is 1.28. The molecular weight excluding hydrogens is 254 g/mol. The third kappa shape index (κ3) is 1.79. The summed E-state index contributed by atoms with van der Waals surface area (Å²) in [6.07, 6.45) is 3.44. The Bertz CT molecular complexity index is 367. The van der Waals surface area contributed by atoms with Gasteiger partial charge in [0.25, 0.3) is 0 Å². The number of rotatable bonds is 0. The van der Waals surface area contributed by atoms with Gasteiger partial charge in [-0.2, -0.15) is 0 Å². The van der Waals surface area contributed by atoms with Gasteiger partial charge in [-0.25, -0.2) is 0 Å². The van der Waals surface area contributed by atoms with Crippen molar-refractivity contribution < 1.29 is 5.11 Å². The Morgan fingerprint density at radius 3 is 3.00 bits per heavy atom. The predicted molar refractivity (Wildman–Crippen MR) is 65.7 cm³/mol. The predicted octanol–water partition coefficient (Wildman–Crippen LogP) is 2.05. The first-order valence-corrected chi connectivity index (χ1v) is 5.38. The molecule has 0 radical (unpaired) electrons. The van der Waals surface area contributed by atoms with Gasteiger partial charge in [0.05, 0.1) is 0 Å². The molecule has 1 aromatic rings. The molecule has 2 N–H and O–H groups in total. The summed E-state index contributed by atoms with van der Waals surface area (Å²) < 4.78 is 0. The van der Waals surface area contributed by atoms with Crippen molar-refractivity contribution in [2.75, 3.05) is 6.54 Å². The molecule has 1 aliphatic carbocycles. The van der Waals surface area contributed by atoms with Crippen molar-refractivity contribution in [1.82, 2.24) is 5.32 Å². The molecule has 2 aliphatic rings. The van der Waals surface area contributed by atoms with Crippen molar-refractivity contribution in [3.63, 3.8) is 0 Å². The summed E-state index contributed by atoms with van der Waals surface area (Å²) in [4.78, 5) is 0. The average Bonchev–Trinajstić information content (AvgIpc) is 2.62. The Labute approximate surface area is 100 Å². The van der Waals surface area contributed by atoms with E-state index in [0.29, 0.717) is 11.8 Å². The molecule has 1 heterocycles. The molecule has 0 spiro atoms. The van der Waals surface area contributed by atoms with Gasteiger partial charge in [-0.15, -0.1) is 17.0 Å². The summed E-state index contributed by atoms with van der Waals surface area (Å²) >= 11 is 0. The van der Waals surface area contributed by atoms with E-state index in [4.69, 9.17) is 0 Å². The van der Waals surface area contributed by atoms with Crippen molar-refractivity contribution in [2.24, 2.45) is 5.92 Å². The first-order valence-electron chi connectivity index (χ1n) is 5.38. The average molecular weight is 270 g/mol. The minimum atomic E-state index is 0. The number of nitrogens with one attached hydrogen (secondary N) is 1. The highest BCUT2D eigenvalue weighted by Gasteiger charge is 2.32. The van der Waals surface area contributed by atoms with E-state index in [1.165, 1.54) is 17.5 Å². The maximum absolute atomic E-state index is 9.75. The number of phenolic OH excluding ortho intramolecular Hbond substituents is 1. The van der Waals surface area contributed by atoms with Crippen LogP contribution in [0.2, 0.25) is 0 Å². The monoisotopic (exact) mass is 269 g/mol. The van der Waals surface area contributed by atoms with Crippen LogP contribution in [0.25, 0.3) is 0 Å². The number of hydrogen-bond acceptors (Lipinski definition) is 2. The van der Waals surface area contributed by atoms with Crippen molar-refractivity contribution in [2.45, 2.75) is 25.3 Å². The van der Waals surface area contributed by atoms with E-state index in [1.54, 1.807) is 6.07 Å². The molecule has 2 atom stereocenters. The normalized spacial score (nSPS) is 27.7. The molecule has 82 valence electrons. The molecule has 1 saturated heterocycles. The SMILES string of the molecule is Br.Oc1cccc2c1C[C@H]1NCC[C@H]1C2. The lowest BCUT2D eigenvalue weighted by Crippen LogP contribution is -2.34. The number of benzene rings is 1. The van der Waals surface area contributed by atoms with E-state index in [1.807, 2.05) is 6.07 Å². The minimum Gasteiger partial charge on any atom is -0.508 e. The van der Waals surface area contributed by atoms with Crippen molar-refractivity contribution >= 4 is 17.0 Å². The van der Waals surface area contributed by atoms with Crippen LogP contribution in [0.15, 0.2) is 18.2 Å². The van der Waals surface area contributed by atoms with Crippen LogP contribution in [0.5, 0.6) is 5.75 Å². The molecule has 2 nitrogen and oxygen atoms in total. The van der Waals surface area contributed by atoms with Gasteiger partial charge in [-0.3, -0.25) is 0 Å². The third-order valence-electron chi connectivity index (χ3n) is 3.65. The fourth-order valence-corrected chi connectivity index (χ4v) is 2.86. The number of phenols is 1. The van der Waals surface area contributed by atoms with Crippen LogP contribution in [-0.4, -0.2) is 17.7 Å². The molecule has 0 bridgehead atoms. The van der Waals surface area contributed by atoms with E-state index >= 15 is 0 Å². The Morgan fingerprint density at radius 1 is 1.27 bits per heavy atom. The summed E-state index contributed by atoms with van der Waals surface area (Å²) in [7, 11) is 0. The molecule has 1 aliphatic heterocycles. The molecular formula is C12H16BrNO. The lowest BCUT2D eigenvalue weighted by atomic mass is 9.80. The van der Waals surface area contributed by atoms with E-state index in [2.05, 4.69) is 11.4 Å². The van der Waals surface area contributed by atoms with E-state index in [9.17, 15) is 5.11 Å². The van der Waals surface area contributed by atoms with Crippen LogP contribution in [0, 0.1) is 5.92 Å². The maximum Gasteiger partial charge on any atom is 0.119 e. The van der Waals surface area contributed by atoms with Gasteiger partial charge in [0.2, 0.25) is 0 Å². The standard InChI is InChI=1S/C12H15NO.BrH/c14-12-3-1-2-8-6-9-4-5-13-11(9)7-10(8)12;/h1-3,9,11,13-14H,4-7H2;1H/t9-,11+;/m0./s1. The molecule has 0 amide bonds. The van der Waals surface area contributed by atoms with Gasteiger partial charge in [-0.1, -0.05) is 12.1 Å². The van der Waals surface area contributed by atoms with Crippen LogP contribution in [0.1, 0.15) is 17.5 Å². The van der Waals surface area contributed by atoms with Gasteiger partial charge in [0.15, 0.2) is 0 Å². The summed E-state index contributed by atoms with van der Waals surface area (Å²) in [6, 6.07) is 6.52. The summed E-state index contributed by atoms with van der Waals surface area (Å²) in [6.45, 7) is 1.14. The molecule has 0 saturated carbocycles. The zero-order valence-electron chi connectivity index (χ0n) is 8.57. The van der Waals surface area contributed by atoms with Crippen LogP contribution >= 0.6 is 17.0 Å². The summed E-state index contributed by atoms with van der Waals surface area (Å²) in [5, 5.41) is 13.3. The van der Waals surface area contributed by atoms with Gasteiger partial charge in [0.1, 0.15) is 5.75 Å². The second kappa shape index (κ2) is 4.14. The zero-order valence-corrected chi connectivity index (χ0v) is 10.3. The van der Waals surface area contributed by atoms with Gasteiger partial charge in [-0.05, 0) is 48.9 Å². The molecule has 0 unspecified atom stereocenters. The molecule has 15 heavy (non-hydrogen) atoms. The molecule has 3 rings (SSSR count). The van der Waals surface area contributed by atoms with Crippen LogP contribution < -0.4 is 5.32 Å². The van der Waals surface area contributed by atoms with Crippen molar-refractivity contribution in [3.05, 3.63) is 29.3 Å². The topological polar surface area (TPSA) is 32.3 Å². The van der Waals surface area contributed by atoms with Crippen molar-refractivity contribution in [3.8, 4) is 5.75 Å². The summed E-state index contributed by atoms with van der Waals surface area (Å²) in [5.41, 5.74) is 2.53. The number of fused-ring (bicyclic) bond motifs is 2. The quantitative estimate of drug-likeness (QED) is 0.756. The molecule has 1 fully saturated rings. The second-order valence-electron chi connectivity index (χ2n) is 4.43. The van der Waals surface area contributed by atoms with Crippen molar-refractivity contribution in [1.29, 1.82) is 0 Å². The lowest BCUT2D eigenvalue weighted by molar-refractivity contribution is 0.399. The van der Waals surface area contributed by atoms with Gasteiger partial charge >= 0.3 is 0 Å². The molecule has 1 aromatic carbocycles. The fraction of sp³-hybridized carbons (Fsp3) is 0.500. The van der Waals surface area contributed by atoms with Crippen LogP contribution in [0.3, 0.4) is 0 Å². The van der Waals surface area contributed by atoms with Gasteiger partial charge < -0.3 is 10.4 Å². The van der Waals surface area contributed by atoms with E-state index < -0.39 is 0 Å². The van der Waals surface area contributed by atoms with E-state index in [-0.39, 0.29) is 17.0 Å². The highest BCUT2D eigenvalue weighted by molar-refractivity contribution is 8.93. The highest BCUT2D eigenvalue weighted by Crippen LogP contribution is 2.34. The first kappa shape index (κ1) is 11.0. The Hall–Kier alpha value is -0.540. The lowest BCUT2D eigenvalue weighted by Gasteiger charge is -2.27. The Kier molecular flexibility index (Phi) is 3.03. The number of hydrogen-bond donors (Lipinski definition) is 2. The minimum absolute atomic E-state index is 0. The Balaban J connectivity index is 0.000000853. The maximum atomic E-state index is 9.75. The zero-order chi connectivity index (χ0) is 9.54. The molecule has 3 heteroatoms. The third-order valence-corrected chi connectivity index (χ3v) is 3.65. The van der Waals surface area contributed by atoms with Gasteiger partial charge in [0, 0.05) is 6.04 Å². The van der Waals surface area contributed by atoms with E-state index in [0.717, 1.165) is 25.3 Å². The molecule has 0 aromatic heterocycles. The van der Waals surface area contributed by atoms with Crippen LogP contribution in [0.4, 0.5) is 0 Å². The number of halogens is 1. The number of aromatic hydroxyl groups is 1. The second-order valence-corrected chi connectivity index (χ2v) is 4.43. The van der Waals surface area contributed by atoms with Crippen LogP contribution in [-0.2, 0) is 12.8 Å². The largest absolute Gasteiger partial charge is 0.508 e. The highest BCUT2D eigenvalue weighted by atomic mass is 79.9. The fourth-order valence-electron chi connectivity index (χ4n) is 2.86. The first-order chi connectivity index (χ1) is 6.84. The Morgan fingerprint density at radius 2 is 2.13 bits per heavy atom. The smallest absolute Gasteiger partial charge is 0.119 e.